The molecule has 0 spiro atoms. The minimum atomic E-state index is -0.237. The molecule has 4 nitrogen and oxygen atoms in total. The summed E-state index contributed by atoms with van der Waals surface area (Å²) < 4.78 is 16.1. The lowest BCUT2D eigenvalue weighted by molar-refractivity contribution is -0.123. The van der Waals surface area contributed by atoms with E-state index >= 15 is 0 Å². The van der Waals surface area contributed by atoms with E-state index in [9.17, 15) is 9.18 Å². The van der Waals surface area contributed by atoms with Crippen molar-refractivity contribution in [3.63, 3.8) is 0 Å². The number of thioether (sulfide) groups is 1. The van der Waals surface area contributed by atoms with E-state index in [2.05, 4.69) is 23.6 Å². The fourth-order valence-corrected chi connectivity index (χ4v) is 6.50. The molecule has 37 heavy (non-hydrogen) atoms. The molecule has 1 aromatic heterocycles. The molecule has 3 aromatic carbocycles. The number of para-hydroxylation sites is 2. The van der Waals surface area contributed by atoms with Gasteiger partial charge in [0.1, 0.15) is 5.82 Å². The third-order valence-electron chi connectivity index (χ3n) is 7.29. The van der Waals surface area contributed by atoms with Crippen LogP contribution in [0.5, 0.6) is 0 Å². The Morgan fingerprint density at radius 3 is 2.54 bits per heavy atom. The molecule has 0 bridgehead atoms. The Hall–Kier alpha value is -3.64. The number of aromatic nitrogens is 1. The second kappa shape index (κ2) is 10.0. The van der Waals surface area contributed by atoms with Gasteiger partial charge in [0.05, 0.1) is 10.6 Å². The molecule has 4 aromatic rings. The Bertz CT molecular complexity index is 1530. The van der Waals surface area contributed by atoms with E-state index in [0.29, 0.717) is 11.4 Å². The summed E-state index contributed by atoms with van der Waals surface area (Å²) in [4.78, 5) is 21.3. The molecule has 0 N–H and O–H groups in total. The zero-order chi connectivity index (χ0) is 25.4. The molecule has 2 fully saturated rings. The topological polar surface area (TPSA) is 37.6 Å². The van der Waals surface area contributed by atoms with Crippen molar-refractivity contribution in [3.8, 4) is 0 Å². The van der Waals surface area contributed by atoms with E-state index < -0.39 is 0 Å². The number of fused-ring (bicyclic) bond motifs is 1. The van der Waals surface area contributed by atoms with Crippen molar-refractivity contribution in [1.82, 2.24) is 9.47 Å². The molecular formula is C31H28FN3OS. The zero-order valence-corrected chi connectivity index (χ0v) is 21.5. The molecule has 6 rings (SSSR count). The standard InChI is InChI=1S/C31H28FN3OS/c1-21-27(26-16-7-8-17-28(26)34(21)20-22-10-9-11-23(32)18-22)19-29-30(36)35(25-14-5-6-15-25)31(37-29)33-24-12-3-2-4-13-24/h2-4,7-13,16-19,25H,5-6,14-15,20H2,1H3/b29-19-,33-31?. The first-order valence-corrected chi connectivity index (χ1v) is 13.6. The number of hydrogen-bond acceptors (Lipinski definition) is 3. The van der Waals surface area contributed by atoms with Gasteiger partial charge in [-0.05, 0) is 73.5 Å². The van der Waals surface area contributed by atoms with Crippen LogP contribution < -0.4 is 0 Å². The van der Waals surface area contributed by atoms with Crippen LogP contribution in [0.3, 0.4) is 0 Å². The number of hydrogen-bond donors (Lipinski definition) is 0. The molecule has 2 heterocycles. The summed E-state index contributed by atoms with van der Waals surface area (Å²) in [6, 6.07) is 25.0. The van der Waals surface area contributed by atoms with Crippen molar-refractivity contribution < 1.29 is 9.18 Å². The van der Waals surface area contributed by atoms with Crippen molar-refractivity contribution in [1.29, 1.82) is 0 Å². The second-order valence-corrected chi connectivity index (χ2v) is 10.7. The monoisotopic (exact) mass is 509 g/mol. The summed E-state index contributed by atoms with van der Waals surface area (Å²) in [6.45, 7) is 2.63. The van der Waals surface area contributed by atoms with E-state index in [4.69, 9.17) is 4.99 Å². The minimum Gasteiger partial charge on any atom is -0.340 e. The van der Waals surface area contributed by atoms with Crippen LogP contribution in [0.2, 0.25) is 0 Å². The van der Waals surface area contributed by atoms with Crippen molar-refractivity contribution in [2.45, 2.75) is 45.2 Å². The maximum Gasteiger partial charge on any atom is 0.267 e. The summed E-state index contributed by atoms with van der Waals surface area (Å²) in [7, 11) is 0. The number of nitrogens with zero attached hydrogens (tertiary/aromatic N) is 3. The summed E-state index contributed by atoms with van der Waals surface area (Å²) in [5.74, 6) is -0.202. The fourth-order valence-electron chi connectivity index (χ4n) is 5.45. The van der Waals surface area contributed by atoms with Crippen molar-refractivity contribution in [2.24, 2.45) is 4.99 Å². The molecule has 1 saturated carbocycles. The van der Waals surface area contributed by atoms with Crippen molar-refractivity contribution in [3.05, 3.63) is 106 Å². The van der Waals surface area contributed by atoms with Crippen molar-refractivity contribution >= 4 is 45.5 Å². The highest BCUT2D eigenvalue weighted by atomic mass is 32.2. The lowest BCUT2D eigenvalue weighted by Gasteiger charge is -2.22. The lowest BCUT2D eigenvalue weighted by atomic mass is 10.1. The maximum atomic E-state index is 13.9. The average Bonchev–Trinajstić information content (AvgIpc) is 3.60. The molecule has 0 unspecified atom stereocenters. The maximum absolute atomic E-state index is 13.9. The van der Waals surface area contributed by atoms with Gasteiger partial charge in [-0.25, -0.2) is 9.38 Å². The molecule has 1 saturated heterocycles. The highest BCUT2D eigenvalue weighted by Crippen LogP contribution is 2.40. The van der Waals surface area contributed by atoms with Crippen LogP contribution in [-0.2, 0) is 11.3 Å². The largest absolute Gasteiger partial charge is 0.340 e. The Balaban J connectivity index is 1.42. The summed E-state index contributed by atoms with van der Waals surface area (Å²) in [5.41, 5.74) is 4.89. The van der Waals surface area contributed by atoms with Gasteiger partial charge in [-0.3, -0.25) is 9.69 Å². The lowest BCUT2D eigenvalue weighted by Crippen LogP contribution is -2.37. The molecule has 186 valence electrons. The van der Waals surface area contributed by atoms with Crippen LogP contribution in [0.4, 0.5) is 10.1 Å². The number of rotatable bonds is 5. The first-order chi connectivity index (χ1) is 18.1. The summed E-state index contributed by atoms with van der Waals surface area (Å²) in [6.07, 6.45) is 6.34. The predicted octanol–water partition coefficient (Wildman–Crippen LogP) is 7.68. The van der Waals surface area contributed by atoms with Gasteiger partial charge < -0.3 is 4.57 Å². The van der Waals surface area contributed by atoms with Crippen molar-refractivity contribution in [2.75, 3.05) is 0 Å². The highest BCUT2D eigenvalue weighted by molar-refractivity contribution is 8.18. The molecule has 1 aliphatic carbocycles. The average molecular weight is 510 g/mol. The molecular weight excluding hydrogens is 481 g/mol. The van der Waals surface area contributed by atoms with Crippen LogP contribution in [-0.4, -0.2) is 26.6 Å². The predicted molar refractivity (Wildman–Crippen MR) is 150 cm³/mol. The van der Waals surface area contributed by atoms with Gasteiger partial charge in [0.25, 0.3) is 5.91 Å². The van der Waals surface area contributed by atoms with E-state index in [1.807, 2.05) is 59.5 Å². The third kappa shape index (κ3) is 4.62. The smallest absolute Gasteiger partial charge is 0.267 e. The Kier molecular flexibility index (Phi) is 6.43. The number of amides is 1. The van der Waals surface area contributed by atoms with E-state index in [1.165, 1.54) is 17.8 Å². The first-order valence-electron chi connectivity index (χ1n) is 12.8. The molecule has 1 amide bonds. The van der Waals surface area contributed by atoms with Gasteiger partial charge >= 0.3 is 0 Å². The Morgan fingerprint density at radius 1 is 1.00 bits per heavy atom. The highest BCUT2D eigenvalue weighted by Gasteiger charge is 2.39. The van der Waals surface area contributed by atoms with Crippen LogP contribution >= 0.6 is 11.8 Å². The summed E-state index contributed by atoms with van der Waals surface area (Å²) in [5, 5.41) is 1.84. The SMILES string of the molecule is Cc1c(/C=C2\SC(=Nc3ccccc3)N(C3CCCC3)C2=O)c2ccccc2n1Cc1cccc(F)c1. The second-order valence-electron chi connectivity index (χ2n) is 9.69. The van der Waals surface area contributed by atoms with E-state index in [-0.39, 0.29) is 17.8 Å². The Morgan fingerprint density at radius 2 is 1.76 bits per heavy atom. The third-order valence-corrected chi connectivity index (χ3v) is 8.28. The molecule has 1 aliphatic heterocycles. The fraction of sp³-hybridized carbons (Fsp3) is 0.226. The van der Waals surface area contributed by atoms with Gasteiger partial charge in [0.2, 0.25) is 0 Å². The number of carbonyl (C=O) groups is 1. The number of amidine groups is 1. The minimum absolute atomic E-state index is 0.0351. The molecule has 6 heteroatoms. The molecule has 2 aliphatic rings. The zero-order valence-electron chi connectivity index (χ0n) is 20.7. The van der Waals surface area contributed by atoms with Crippen LogP contribution in [0.1, 0.15) is 42.5 Å². The van der Waals surface area contributed by atoms with Crippen LogP contribution in [0, 0.1) is 12.7 Å². The van der Waals surface area contributed by atoms with E-state index in [1.54, 1.807) is 12.1 Å². The number of aliphatic imine (C=N–C) groups is 1. The normalized spacial score (nSPS) is 18.6. The quantitative estimate of drug-likeness (QED) is 0.259. The summed E-state index contributed by atoms with van der Waals surface area (Å²) >= 11 is 1.46. The van der Waals surface area contributed by atoms with Gasteiger partial charge in [-0.2, -0.15) is 0 Å². The Labute approximate surface area is 220 Å². The van der Waals surface area contributed by atoms with Gasteiger partial charge in [0, 0.05) is 34.7 Å². The van der Waals surface area contributed by atoms with Crippen LogP contribution in [0.15, 0.2) is 88.8 Å². The number of halogens is 1. The van der Waals surface area contributed by atoms with Gasteiger partial charge in [-0.1, -0.05) is 61.4 Å². The number of benzene rings is 3. The van der Waals surface area contributed by atoms with Crippen LogP contribution in [0.25, 0.3) is 17.0 Å². The van der Waals surface area contributed by atoms with Gasteiger partial charge in [-0.15, -0.1) is 0 Å². The first kappa shape index (κ1) is 23.7. The van der Waals surface area contributed by atoms with E-state index in [0.717, 1.165) is 64.3 Å². The molecule has 0 radical (unpaired) electrons. The number of carbonyl (C=O) groups excluding carboxylic acids is 1. The molecule has 0 atom stereocenters. The van der Waals surface area contributed by atoms with Gasteiger partial charge in [0.15, 0.2) is 5.17 Å².